The summed E-state index contributed by atoms with van der Waals surface area (Å²) in [5.74, 6) is 0. The first kappa shape index (κ1) is 9.88. The molecule has 0 rings (SSSR count). The summed E-state index contributed by atoms with van der Waals surface area (Å²) >= 11 is 0. The summed E-state index contributed by atoms with van der Waals surface area (Å²) in [6, 6.07) is 0. The molecule has 0 radical (unpaired) electrons. The van der Waals surface area contributed by atoms with Gasteiger partial charge in [0.2, 0.25) is 0 Å². The molecule has 0 aromatic rings. The average molecular weight is 145 g/mol. The summed E-state index contributed by atoms with van der Waals surface area (Å²) in [6.07, 6.45) is 0. The standard InChI is InChI=1S/C7H19N3/c1-4-10(5-2)9-7-6-8-3/h8-9H,4-7H2,1-3H3. The summed E-state index contributed by atoms with van der Waals surface area (Å²) in [5.41, 5.74) is 3.29. The molecule has 10 heavy (non-hydrogen) atoms. The van der Waals surface area contributed by atoms with Gasteiger partial charge in [-0.1, -0.05) is 13.8 Å². The van der Waals surface area contributed by atoms with Crippen LogP contribution in [-0.2, 0) is 0 Å². The van der Waals surface area contributed by atoms with E-state index in [1.807, 2.05) is 7.05 Å². The summed E-state index contributed by atoms with van der Waals surface area (Å²) in [5, 5.41) is 5.27. The van der Waals surface area contributed by atoms with E-state index < -0.39 is 0 Å². The lowest BCUT2D eigenvalue weighted by atomic mass is 10.6. The quantitative estimate of drug-likeness (QED) is 0.408. The zero-order valence-electron chi connectivity index (χ0n) is 7.28. The van der Waals surface area contributed by atoms with Crippen molar-refractivity contribution in [2.45, 2.75) is 13.8 Å². The molecule has 0 heterocycles. The Labute approximate surface area is 63.8 Å². The molecular weight excluding hydrogens is 126 g/mol. The fraction of sp³-hybridized carbons (Fsp3) is 1.00. The van der Waals surface area contributed by atoms with E-state index in [1.165, 1.54) is 0 Å². The average Bonchev–Trinajstić information content (AvgIpc) is 1.99. The van der Waals surface area contributed by atoms with Gasteiger partial charge in [-0.3, -0.25) is 5.43 Å². The predicted octanol–water partition coefficient (Wildman–Crippen LogP) is 0.0522. The minimum atomic E-state index is 1.01. The Hall–Kier alpha value is -0.120. The van der Waals surface area contributed by atoms with Crippen molar-refractivity contribution >= 4 is 0 Å². The van der Waals surface area contributed by atoms with Crippen LogP contribution >= 0.6 is 0 Å². The van der Waals surface area contributed by atoms with Crippen molar-refractivity contribution in [1.82, 2.24) is 15.8 Å². The Balaban J connectivity index is 3.09. The highest BCUT2D eigenvalue weighted by Crippen LogP contribution is 1.77. The number of nitrogens with zero attached hydrogens (tertiary/aromatic N) is 1. The van der Waals surface area contributed by atoms with Gasteiger partial charge in [-0.15, -0.1) is 0 Å². The van der Waals surface area contributed by atoms with Crippen molar-refractivity contribution in [3.63, 3.8) is 0 Å². The molecule has 0 atom stereocenters. The topological polar surface area (TPSA) is 27.3 Å². The van der Waals surface area contributed by atoms with Crippen LogP contribution in [0.1, 0.15) is 13.8 Å². The van der Waals surface area contributed by atoms with E-state index in [4.69, 9.17) is 0 Å². The third-order valence-corrected chi connectivity index (χ3v) is 1.47. The van der Waals surface area contributed by atoms with Crippen molar-refractivity contribution in [1.29, 1.82) is 0 Å². The van der Waals surface area contributed by atoms with Gasteiger partial charge in [0.25, 0.3) is 0 Å². The van der Waals surface area contributed by atoms with Crippen LogP contribution in [0.5, 0.6) is 0 Å². The van der Waals surface area contributed by atoms with Crippen LogP contribution in [0.4, 0.5) is 0 Å². The fourth-order valence-corrected chi connectivity index (χ4v) is 0.786. The van der Waals surface area contributed by atoms with E-state index in [0.29, 0.717) is 0 Å². The Morgan fingerprint density at radius 1 is 1.10 bits per heavy atom. The van der Waals surface area contributed by atoms with Crippen molar-refractivity contribution < 1.29 is 0 Å². The van der Waals surface area contributed by atoms with E-state index in [9.17, 15) is 0 Å². The first-order valence-electron chi connectivity index (χ1n) is 3.98. The van der Waals surface area contributed by atoms with Gasteiger partial charge >= 0.3 is 0 Å². The molecule has 3 nitrogen and oxygen atoms in total. The third-order valence-electron chi connectivity index (χ3n) is 1.47. The maximum atomic E-state index is 3.29. The van der Waals surface area contributed by atoms with E-state index in [0.717, 1.165) is 26.2 Å². The number of rotatable bonds is 6. The second kappa shape index (κ2) is 6.99. The molecule has 0 aromatic carbocycles. The minimum absolute atomic E-state index is 1.01. The molecule has 0 saturated heterocycles. The van der Waals surface area contributed by atoms with Crippen LogP contribution in [0.2, 0.25) is 0 Å². The van der Waals surface area contributed by atoms with Crippen molar-refractivity contribution in [2.75, 3.05) is 33.2 Å². The smallest absolute Gasteiger partial charge is 0.0227 e. The Bertz CT molecular complexity index is 61.9. The van der Waals surface area contributed by atoms with Gasteiger partial charge in [-0.25, -0.2) is 5.01 Å². The third kappa shape index (κ3) is 4.73. The maximum Gasteiger partial charge on any atom is 0.0227 e. The minimum Gasteiger partial charge on any atom is -0.318 e. The second-order valence-corrected chi connectivity index (χ2v) is 2.18. The number of likely N-dealkylation sites (N-methyl/N-ethyl adjacent to an activating group) is 1. The number of hydrazine groups is 1. The summed E-state index contributed by atoms with van der Waals surface area (Å²) in [6.45, 7) is 8.47. The van der Waals surface area contributed by atoms with Gasteiger partial charge in [0.05, 0.1) is 0 Å². The number of hydrogen-bond acceptors (Lipinski definition) is 3. The van der Waals surface area contributed by atoms with Crippen LogP contribution < -0.4 is 10.7 Å². The van der Waals surface area contributed by atoms with Crippen LogP contribution in [0, 0.1) is 0 Å². The van der Waals surface area contributed by atoms with Gasteiger partial charge in [0.1, 0.15) is 0 Å². The molecule has 2 N–H and O–H groups in total. The molecule has 0 aromatic heterocycles. The van der Waals surface area contributed by atoms with E-state index in [-0.39, 0.29) is 0 Å². The first-order valence-corrected chi connectivity index (χ1v) is 3.98. The molecule has 3 heteroatoms. The highest BCUT2D eigenvalue weighted by atomic mass is 15.5. The molecule has 0 unspecified atom stereocenters. The van der Waals surface area contributed by atoms with Crippen molar-refractivity contribution in [3.8, 4) is 0 Å². The van der Waals surface area contributed by atoms with Gasteiger partial charge in [0.15, 0.2) is 0 Å². The van der Waals surface area contributed by atoms with Crippen molar-refractivity contribution in [3.05, 3.63) is 0 Å². The summed E-state index contributed by atoms with van der Waals surface area (Å²) in [7, 11) is 1.96. The summed E-state index contributed by atoms with van der Waals surface area (Å²) in [4.78, 5) is 0. The first-order chi connectivity index (χ1) is 4.85. The van der Waals surface area contributed by atoms with Crippen LogP contribution in [0.15, 0.2) is 0 Å². The van der Waals surface area contributed by atoms with Gasteiger partial charge < -0.3 is 5.32 Å². The van der Waals surface area contributed by atoms with Crippen LogP contribution in [-0.4, -0.2) is 38.2 Å². The summed E-state index contributed by atoms with van der Waals surface area (Å²) < 4.78 is 0. The predicted molar refractivity (Wildman–Crippen MR) is 44.9 cm³/mol. The largest absolute Gasteiger partial charge is 0.318 e. The molecular formula is C7H19N3. The SMILES string of the molecule is CCN(CC)NCCNC. The lowest BCUT2D eigenvalue weighted by Gasteiger charge is -2.18. The van der Waals surface area contributed by atoms with Gasteiger partial charge in [0, 0.05) is 26.2 Å². The number of hydrogen-bond donors (Lipinski definition) is 2. The Morgan fingerprint density at radius 2 is 1.70 bits per heavy atom. The molecule has 0 spiro atoms. The van der Waals surface area contributed by atoms with E-state index in [1.54, 1.807) is 0 Å². The van der Waals surface area contributed by atoms with Gasteiger partial charge in [-0.05, 0) is 7.05 Å². The van der Waals surface area contributed by atoms with Crippen LogP contribution in [0.3, 0.4) is 0 Å². The lowest BCUT2D eigenvalue weighted by molar-refractivity contribution is 0.210. The zero-order chi connectivity index (χ0) is 7.82. The molecule has 0 fully saturated rings. The van der Waals surface area contributed by atoms with Crippen LogP contribution in [0.25, 0.3) is 0 Å². The van der Waals surface area contributed by atoms with E-state index in [2.05, 4.69) is 29.6 Å². The Morgan fingerprint density at radius 3 is 2.10 bits per heavy atom. The fourth-order valence-electron chi connectivity index (χ4n) is 0.786. The van der Waals surface area contributed by atoms with Gasteiger partial charge in [-0.2, -0.15) is 0 Å². The normalized spacial score (nSPS) is 10.8. The lowest BCUT2D eigenvalue weighted by Crippen LogP contribution is -2.40. The highest BCUT2D eigenvalue weighted by Gasteiger charge is 1.93. The Kier molecular flexibility index (Phi) is 6.91. The zero-order valence-corrected chi connectivity index (χ0v) is 7.28. The molecule has 0 bridgehead atoms. The molecule has 0 aliphatic carbocycles. The molecule has 0 amide bonds. The molecule has 0 saturated carbocycles. The van der Waals surface area contributed by atoms with Crippen molar-refractivity contribution in [2.24, 2.45) is 0 Å². The maximum absolute atomic E-state index is 3.29. The molecule has 0 aliphatic rings. The highest BCUT2D eigenvalue weighted by molar-refractivity contribution is 4.47. The molecule has 0 aliphatic heterocycles. The molecule has 62 valence electrons. The second-order valence-electron chi connectivity index (χ2n) is 2.18. The monoisotopic (exact) mass is 145 g/mol. The van der Waals surface area contributed by atoms with E-state index >= 15 is 0 Å². The number of nitrogens with one attached hydrogen (secondary N) is 2.